The van der Waals surface area contributed by atoms with Gasteiger partial charge in [-0.1, -0.05) is 109 Å². The third-order valence-electron chi connectivity index (χ3n) is 10.3. The van der Waals surface area contributed by atoms with Gasteiger partial charge in [0.15, 0.2) is 11.6 Å². The normalized spacial score (nSPS) is 16.5. The maximum absolute atomic E-state index is 5.12. The SMILES string of the molecule is CC12CC=CC=C1c1ccccc1N2c1cccc(-n2c3ccccc3c3cc(-c4nc(-c5ccccc5)n(-c5ccccc5)n4)ccc32)c1. The van der Waals surface area contributed by atoms with Crippen LogP contribution in [0.25, 0.3) is 61.5 Å². The number of para-hydroxylation sites is 3. The molecule has 10 rings (SSSR count). The topological polar surface area (TPSA) is 38.9 Å². The molecule has 0 fully saturated rings. The summed E-state index contributed by atoms with van der Waals surface area (Å²) in [7, 11) is 0. The van der Waals surface area contributed by atoms with Crippen molar-refractivity contribution < 1.29 is 0 Å². The molecule has 1 aliphatic carbocycles. The number of anilines is 2. The highest BCUT2D eigenvalue weighted by atomic mass is 15.4. The van der Waals surface area contributed by atoms with Gasteiger partial charge in [0.05, 0.1) is 22.3 Å². The Labute approximate surface area is 290 Å². The molecule has 0 saturated carbocycles. The first-order valence-corrected chi connectivity index (χ1v) is 17.2. The Morgan fingerprint density at radius 2 is 1.32 bits per heavy atom. The van der Waals surface area contributed by atoms with Gasteiger partial charge < -0.3 is 9.47 Å². The van der Waals surface area contributed by atoms with Crippen LogP contribution in [0.5, 0.6) is 0 Å². The van der Waals surface area contributed by atoms with Crippen LogP contribution < -0.4 is 4.90 Å². The average Bonchev–Trinajstić information content (AvgIpc) is 3.84. The quantitative estimate of drug-likeness (QED) is 0.187. The van der Waals surface area contributed by atoms with Gasteiger partial charge in [0.1, 0.15) is 0 Å². The van der Waals surface area contributed by atoms with Crippen LogP contribution in [-0.4, -0.2) is 24.9 Å². The first-order valence-electron chi connectivity index (χ1n) is 17.2. The molecule has 0 amide bonds. The van der Waals surface area contributed by atoms with Gasteiger partial charge in [0, 0.05) is 44.5 Å². The highest BCUT2D eigenvalue weighted by Gasteiger charge is 2.44. The fraction of sp³-hybridized carbons (Fsp3) is 0.0667. The standard InChI is InChI=1S/C45H33N5/c1-45-28-13-12-23-39(45)37-22-9-11-25-42(37)49(45)35-20-14-19-34(30-35)48-40-24-10-8-21-36(40)38-29-32(26-27-41(38)48)43-46-44(31-15-4-2-5-16-31)50(47-43)33-17-6-3-7-18-33/h2-27,29-30H,28H2,1H3. The van der Waals surface area contributed by atoms with Crippen molar-refractivity contribution in [1.29, 1.82) is 0 Å². The molecule has 0 spiro atoms. The predicted molar refractivity (Wildman–Crippen MR) is 205 cm³/mol. The molecule has 0 bridgehead atoms. The largest absolute Gasteiger partial charge is 0.331 e. The Hall–Kier alpha value is -6.46. The molecule has 238 valence electrons. The summed E-state index contributed by atoms with van der Waals surface area (Å²) >= 11 is 0. The van der Waals surface area contributed by atoms with Crippen LogP contribution in [0.15, 0.2) is 170 Å². The minimum atomic E-state index is -0.151. The lowest BCUT2D eigenvalue weighted by molar-refractivity contribution is 0.607. The van der Waals surface area contributed by atoms with Crippen LogP contribution in [0.4, 0.5) is 11.4 Å². The Kier molecular flexibility index (Phi) is 6.30. The number of benzene rings is 6. The molecule has 0 radical (unpaired) electrons. The molecule has 5 heteroatoms. The Morgan fingerprint density at radius 1 is 0.600 bits per heavy atom. The number of nitrogens with zero attached hydrogens (tertiary/aromatic N) is 5. The molecule has 1 aliphatic heterocycles. The van der Waals surface area contributed by atoms with Crippen LogP contribution in [0, 0.1) is 0 Å². The fourth-order valence-electron chi connectivity index (χ4n) is 8.05. The average molecular weight is 644 g/mol. The number of aromatic nitrogens is 4. The number of fused-ring (bicyclic) bond motifs is 6. The van der Waals surface area contributed by atoms with Crippen molar-refractivity contribution >= 4 is 38.8 Å². The van der Waals surface area contributed by atoms with Gasteiger partial charge in [-0.2, -0.15) is 0 Å². The molecular formula is C45H33N5. The van der Waals surface area contributed by atoms with E-state index in [1.165, 1.54) is 38.8 Å². The maximum Gasteiger partial charge on any atom is 0.182 e. The van der Waals surface area contributed by atoms with Gasteiger partial charge in [0.25, 0.3) is 0 Å². The van der Waals surface area contributed by atoms with Gasteiger partial charge in [0.2, 0.25) is 0 Å². The molecule has 2 aliphatic rings. The van der Waals surface area contributed by atoms with E-state index in [1.54, 1.807) is 0 Å². The van der Waals surface area contributed by atoms with Crippen molar-refractivity contribution in [2.75, 3.05) is 4.90 Å². The number of hydrogen-bond acceptors (Lipinski definition) is 3. The molecule has 8 aromatic rings. The predicted octanol–water partition coefficient (Wildman–Crippen LogP) is 11.0. The summed E-state index contributed by atoms with van der Waals surface area (Å²) in [6, 6.07) is 53.6. The van der Waals surface area contributed by atoms with E-state index in [0.717, 1.165) is 40.3 Å². The molecular weight excluding hydrogens is 611 g/mol. The van der Waals surface area contributed by atoms with E-state index >= 15 is 0 Å². The summed E-state index contributed by atoms with van der Waals surface area (Å²) in [5.74, 6) is 1.51. The van der Waals surface area contributed by atoms with Crippen LogP contribution in [-0.2, 0) is 0 Å². The van der Waals surface area contributed by atoms with Gasteiger partial charge in [-0.05, 0) is 79.6 Å². The minimum Gasteiger partial charge on any atom is -0.331 e. The molecule has 1 unspecified atom stereocenters. The summed E-state index contributed by atoms with van der Waals surface area (Å²) in [4.78, 5) is 7.66. The lowest BCUT2D eigenvalue weighted by Gasteiger charge is -2.39. The van der Waals surface area contributed by atoms with E-state index in [2.05, 4.69) is 150 Å². The number of rotatable bonds is 5. The van der Waals surface area contributed by atoms with Crippen molar-refractivity contribution in [3.05, 3.63) is 175 Å². The second-order valence-electron chi connectivity index (χ2n) is 13.3. The van der Waals surface area contributed by atoms with Gasteiger partial charge in [-0.15, -0.1) is 5.10 Å². The summed E-state index contributed by atoms with van der Waals surface area (Å²) in [5, 5.41) is 7.44. The zero-order valence-corrected chi connectivity index (χ0v) is 27.6. The van der Waals surface area contributed by atoms with Gasteiger partial charge >= 0.3 is 0 Å². The van der Waals surface area contributed by atoms with Crippen LogP contribution in [0.3, 0.4) is 0 Å². The Bertz CT molecular complexity index is 2590. The summed E-state index contributed by atoms with van der Waals surface area (Å²) < 4.78 is 4.34. The zero-order chi connectivity index (χ0) is 33.2. The van der Waals surface area contributed by atoms with Crippen molar-refractivity contribution in [2.45, 2.75) is 18.9 Å². The third kappa shape index (κ3) is 4.26. The molecule has 1 atom stereocenters. The van der Waals surface area contributed by atoms with E-state index in [-0.39, 0.29) is 5.54 Å². The van der Waals surface area contributed by atoms with Crippen molar-refractivity contribution in [3.63, 3.8) is 0 Å². The van der Waals surface area contributed by atoms with Crippen molar-refractivity contribution in [1.82, 2.24) is 19.3 Å². The molecule has 0 N–H and O–H groups in total. The second-order valence-corrected chi connectivity index (χ2v) is 13.3. The van der Waals surface area contributed by atoms with E-state index in [1.807, 2.05) is 41.1 Å². The monoisotopic (exact) mass is 643 g/mol. The van der Waals surface area contributed by atoms with Crippen molar-refractivity contribution in [2.24, 2.45) is 0 Å². The summed E-state index contributed by atoms with van der Waals surface area (Å²) in [5.41, 5.74) is 11.4. The highest BCUT2D eigenvalue weighted by molar-refractivity contribution is 6.10. The lowest BCUT2D eigenvalue weighted by atomic mass is 9.83. The Balaban J connectivity index is 1.12. The summed E-state index contributed by atoms with van der Waals surface area (Å²) in [6.07, 6.45) is 7.73. The summed E-state index contributed by atoms with van der Waals surface area (Å²) in [6.45, 7) is 2.37. The molecule has 3 heterocycles. The number of allylic oxidation sites excluding steroid dienone is 2. The highest BCUT2D eigenvalue weighted by Crippen LogP contribution is 2.54. The van der Waals surface area contributed by atoms with Crippen molar-refractivity contribution in [3.8, 4) is 34.2 Å². The minimum absolute atomic E-state index is 0.151. The van der Waals surface area contributed by atoms with E-state index in [9.17, 15) is 0 Å². The lowest BCUT2D eigenvalue weighted by Crippen LogP contribution is -2.40. The van der Waals surface area contributed by atoms with E-state index in [4.69, 9.17) is 10.1 Å². The van der Waals surface area contributed by atoms with Gasteiger partial charge in [-0.25, -0.2) is 9.67 Å². The van der Waals surface area contributed by atoms with E-state index < -0.39 is 0 Å². The molecule has 0 saturated heterocycles. The van der Waals surface area contributed by atoms with Crippen LogP contribution >= 0.6 is 0 Å². The molecule has 2 aromatic heterocycles. The van der Waals surface area contributed by atoms with Crippen LogP contribution in [0.1, 0.15) is 18.9 Å². The number of hydrogen-bond donors (Lipinski definition) is 0. The van der Waals surface area contributed by atoms with Gasteiger partial charge in [-0.3, -0.25) is 0 Å². The fourth-order valence-corrected chi connectivity index (χ4v) is 8.05. The smallest absolute Gasteiger partial charge is 0.182 e. The van der Waals surface area contributed by atoms with E-state index in [0.29, 0.717) is 5.82 Å². The molecule has 6 aromatic carbocycles. The third-order valence-corrected chi connectivity index (χ3v) is 10.3. The first kappa shape index (κ1) is 28.5. The van der Waals surface area contributed by atoms with Crippen LogP contribution in [0.2, 0.25) is 0 Å². The maximum atomic E-state index is 5.12. The zero-order valence-electron chi connectivity index (χ0n) is 27.6. The molecule has 50 heavy (non-hydrogen) atoms. The molecule has 5 nitrogen and oxygen atoms in total. The second kappa shape index (κ2) is 11.0. The first-order chi connectivity index (χ1) is 24.7. The Morgan fingerprint density at radius 3 is 2.20 bits per heavy atom.